The molecule has 1 amide bonds. The van der Waals surface area contributed by atoms with E-state index in [0.717, 1.165) is 28.6 Å². The highest BCUT2D eigenvalue weighted by atomic mass is 32.1. The Hall–Kier alpha value is -1.65. The van der Waals surface area contributed by atoms with Gasteiger partial charge in [0.1, 0.15) is 0 Å². The molecule has 2 aliphatic rings. The van der Waals surface area contributed by atoms with Crippen molar-refractivity contribution < 1.29 is 4.79 Å². The lowest BCUT2D eigenvalue weighted by molar-refractivity contribution is 0.0913. The van der Waals surface area contributed by atoms with E-state index in [4.69, 9.17) is 0 Å². The second-order valence-corrected chi connectivity index (χ2v) is 7.94. The van der Waals surface area contributed by atoms with Gasteiger partial charge in [0.05, 0.1) is 4.88 Å². The van der Waals surface area contributed by atoms with Crippen LogP contribution in [-0.4, -0.2) is 36.5 Å². The molecule has 2 bridgehead atoms. The van der Waals surface area contributed by atoms with Crippen LogP contribution in [0.1, 0.15) is 28.1 Å². The number of benzene rings is 1. The van der Waals surface area contributed by atoms with Crippen LogP contribution in [0.15, 0.2) is 36.4 Å². The SMILES string of the molecule is Cc1cccc(-c2ccc(C(=O)NC3CC4CCN(C4)C3)s2)c1. The van der Waals surface area contributed by atoms with E-state index in [9.17, 15) is 4.79 Å². The Morgan fingerprint density at radius 1 is 1.26 bits per heavy atom. The van der Waals surface area contributed by atoms with Crippen molar-refractivity contribution in [2.45, 2.75) is 25.8 Å². The van der Waals surface area contributed by atoms with Crippen molar-refractivity contribution in [2.75, 3.05) is 19.6 Å². The molecule has 2 aliphatic heterocycles. The third-order valence-corrected chi connectivity index (χ3v) is 6.07. The van der Waals surface area contributed by atoms with E-state index in [-0.39, 0.29) is 5.91 Å². The summed E-state index contributed by atoms with van der Waals surface area (Å²) in [4.78, 5) is 17.0. The molecule has 1 aromatic heterocycles. The monoisotopic (exact) mass is 326 g/mol. The lowest BCUT2D eigenvalue weighted by Crippen LogP contribution is -2.46. The van der Waals surface area contributed by atoms with E-state index >= 15 is 0 Å². The topological polar surface area (TPSA) is 32.3 Å². The fraction of sp³-hybridized carbons (Fsp3) is 0.421. The van der Waals surface area contributed by atoms with Crippen LogP contribution in [0, 0.1) is 12.8 Å². The van der Waals surface area contributed by atoms with Crippen molar-refractivity contribution >= 4 is 17.2 Å². The van der Waals surface area contributed by atoms with Gasteiger partial charge in [0.25, 0.3) is 5.91 Å². The van der Waals surface area contributed by atoms with Crippen molar-refractivity contribution in [3.8, 4) is 10.4 Å². The molecule has 120 valence electrons. The van der Waals surface area contributed by atoms with E-state index in [1.54, 1.807) is 11.3 Å². The van der Waals surface area contributed by atoms with Gasteiger partial charge in [-0.15, -0.1) is 11.3 Å². The summed E-state index contributed by atoms with van der Waals surface area (Å²) < 4.78 is 0. The summed E-state index contributed by atoms with van der Waals surface area (Å²) in [5.74, 6) is 0.863. The zero-order chi connectivity index (χ0) is 15.8. The Balaban J connectivity index is 1.45. The van der Waals surface area contributed by atoms with Crippen molar-refractivity contribution in [3.05, 3.63) is 46.8 Å². The molecular weight excluding hydrogens is 304 g/mol. The molecule has 3 heterocycles. The van der Waals surface area contributed by atoms with Crippen LogP contribution >= 0.6 is 11.3 Å². The molecule has 0 radical (unpaired) electrons. The number of piperidine rings is 1. The third kappa shape index (κ3) is 3.19. The average Bonchev–Trinajstić information content (AvgIpc) is 3.14. The molecule has 3 unspecified atom stereocenters. The Labute approximate surface area is 141 Å². The van der Waals surface area contributed by atoms with Gasteiger partial charge >= 0.3 is 0 Å². The summed E-state index contributed by atoms with van der Waals surface area (Å²) in [6, 6.07) is 12.8. The van der Waals surface area contributed by atoms with Crippen LogP contribution in [0.25, 0.3) is 10.4 Å². The van der Waals surface area contributed by atoms with Gasteiger partial charge in [0.2, 0.25) is 0 Å². The average molecular weight is 326 g/mol. The van der Waals surface area contributed by atoms with E-state index in [1.807, 2.05) is 6.07 Å². The zero-order valence-corrected chi connectivity index (χ0v) is 14.2. The van der Waals surface area contributed by atoms with Crippen LogP contribution in [0.2, 0.25) is 0 Å². The maximum absolute atomic E-state index is 12.5. The quantitative estimate of drug-likeness (QED) is 0.935. The van der Waals surface area contributed by atoms with E-state index in [1.165, 1.54) is 30.6 Å². The molecule has 0 spiro atoms. The maximum Gasteiger partial charge on any atom is 0.261 e. The molecule has 2 fully saturated rings. The van der Waals surface area contributed by atoms with Crippen molar-refractivity contribution in [2.24, 2.45) is 5.92 Å². The van der Waals surface area contributed by atoms with Gasteiger partial charge in [-0.1, -0.05) is 29.8 Å². The van der Waals surface area contributed by atoms with Gasteiger partial charge in [0, 0.05) is 24.0 Å². The number of rotatable bonds is 3. The number of fused-ring (bicyclic) bond motifs is 2. The Morgan fingerprint density at radius 3 is 3.00 bits per heavy atom. The predicted molar refractivity (Wildman–Crippen MR) is 94.9 cm³/mol. The molecule has 3 atom stereocenters. The molecule has 0 aliphatic carbocycles. The number of hydrogen-bond acceptors (Lipinski definition) is 3. The first-order valence-electron chi connectivity index (χ1n) is 8.37. The number of carbonyl (C=O) groups is 1. The summed E-state index contributed by atoms with van der Waals surface area (Å²) in [5, 5.41) is 3.24. The van der Waals surface area contributed by atoms with Gasteiger partial charge in [-0.25, -0.2) is 0 Å². The van der Waals surface area contributed by atoms with Gasteiger partial charge in [-0.2, -0.15) is 0 Å². The highest BCUT2D eigenvalue weighted by Crippen LogP contribution is 2.30. The molecular formula is C19H22N2OS. The molecule has 1 N–H and O–H groups in total. The Bertz CT molecular complexity index is 712. The predicted octanol–water partition coefficient (Wildman–Crippen LogP) is 3.55. The number of hydrogen-bond donors (Lipinski definition) is 1. The smallest absolute Gasteiger partial charge is 0.261 e. The minimum absolute atomic E-state index is 0.0846. The van der Waals surface area contributed by atoms with E-state index < -0.39 is 0 Å². The molecule has 3 nitrogen and oxygen atoms in total. The largest absolute Gasteiger partial charge is 0.347 e. The molecule has 4 rings (SSSR count). The van der Waals surface area contributed by atoms with Gasteiger partial charge in [-0.3, -0.25) is 4.79 Å². The lowest BCUT2D eigenvalue weighted by Gasteiger charge is -2.30. The molecule has 4 heteroatoms. The van der Waals surface area contributed by atoms with Crippen LogP contribution in [0.4, 0.5) is 0 Å². The lowest BCUT2D eigenvalue weighted by atomic mass is 9.97. The Kier molecular flexibility index (Phi) is 3.95. The van der Waals surface area contributed by atoms with Crippen molar-refractivity contribution in [3.63, 3.8) is 0 Å². The third-order valence-electron chi connectivity index (χ3n) is 4.93. The summed E-state index contributed by atoms with van der Waals surface area (Å²) in [5.41, 5.74) is 2.43. The first-order chi connectivity index (χ1) is 11.2. The second kappa shape index (κ2) is 6.10. The van der Waals surface area contributed by atoms with Crippen LogP contribution < -0.4 is 5.32 Å². The summed E-state index contributed by atoms with van der Waals surface area (Å²) in [6.07, 6.45) is 2.43. The standard InChI is InChI=1S/C19H22N2OS/c1-13-3-2-4-15(9-13)17-5-6-18(23-17)19(22)20-16-10-14-7-8-21(11-14)12-16/h2-6,9,14,16H,7-8,10-12H2,1H3,(H,20,22). The number of nitrogens with one attached hydrogen (secondary N) is 1. The van der Waals surface area contributed by atoms with Gasteiger partial charge in [0.15, 0.2) is 0 Å². The normalized spacial score (nSPS) is 26.2. The minimum Gasteiger partial charge on any atom is -0.347 e. The highest BCUT2D eigenvalue weighted by molar-refractivity contribution is 7.17. The number of aryl methyl sites for hydroxylation is 1. The highest BCUT2D eigenvalue weighted by Gasteiger charge is 2.33. The van der Waals surface area contributed by atoms with Gasteiger partial charge < -0.3 is 10.2 Å². The van der Waals surface area contributed by atoms with Crippen molar-refractivity contribution in [1.29, 1.82) is 0 Å². The molecule has 1 aromatic carbocycles. The molecule has 0 saturated carbocycles. The first kappa shape index (κ1) is 14.9. The van der Waals surface area contributed by atoms with E-state index in [2.05, 4.69) is 47.5 Å². The zero-order valence-electron chi connectivity index (χ0n) is 13.4. The summed E-state index contributed by atoms with van der Waals surface area (Å²) in [7, 11) is 0. The van der Waals surface area contributed by atoms with Crippen LogP contribution in [0.5, 0.6) is 0 Å². The minimum atomic E-state index is 0.0846. The Morgan fingerprint density at radius 2 is 2.17 bits per heavy atom. The number of carbonyl (C=O) groups excluding carboxylic acids is 1. The van der Waals surface area contributed by atoms with Crippen molar-refractivity contribution in [1.82, 2.24) is 10.2 Å². The molecule has 2 saturated heterocycles. The molecule has 23 heavy (non-hydrogen) atoms. The van der Waals surface area contributed by atoms with Crippen LogP contribution in [-0.2, 0) is 0 Å². The molecule has 2 aromatic rings. The first-order valence-corrected chi connectivity index (χ1v) is 9.19. The maximum atomic E-state index is 12.5. The fourth-order valence-electron chi connectivity index (χ4n) is 3.83. The summed E-state index contributed by atoms with van der Waals surface area (Å²) in [6.45, 7) is 5.53. The second-order valence-electron chi connectivity index (χ2n) is 6.85. The number of nitrogens with zero attached hydrogens (tertiary/aromatic N) is 1. The summed E-state index contributed by atoms with van der Waals surface area (Å²) >= 11 is 1.58. The fourth-order valence-corrected chi connectivity index (χ4v) is 4.74. The van der Waals surface area contributed by atoms with Gasteiger partial charge in [-0.05, 0) is 49.9 Å². The van der Waals surface area contributed by atoms with Crippen LogP contribution in [0.3, 0.4) is 0 Å². The van der Waals surface area contributed by atoms with E-state index in [0.29, 0.717) is 6.04 Å². The number of thiophene rings is 1. The number of amides is 1.